The lowest BCUT2D eigenvalue weighted by Gasteiger charge is -2.14. The molecule has 18 heavy (non-hydrogen) atoms. The largest absolute Gasteiger partial charge is 0.447 e. The highest BCUT2D eigenvalue weighted by atomic mass is 32.2. The summed E-state index contributed by atoms with van der Waals surface area (Å²) in [6, 6.07) is 3.04. The average molecular weight is 274 g/mol. The summed E-state index contributed by atoms with van der Waals surface area (Å²) >= 11 is 0. The van der Waals surface area contributed by atoms with E-state index in [4.69, 9.17) is 4.42 Å². The second-order valence-electron chi connectivity index (χ2n) is 4.90. The van der Waals surface area contributed by atoms with E-state index in [1.54, 1.807) is 13.1 Å². The van der Waals surface area contributed by atoms with Gasteiger partial charge < -0.3 is 9.73 Å². The van der Waals surface area contributed by atoms with Crippen molar-refractivity contribution in [2.75, 3.05) is 7.05 Å². The molecule has 6 heteroatoms. The van der Waals surface area contributed by atoms with Crippen molar-refractivity contribution < 1.29 is 12.8 Å². The molecule has 1 unspecified atom stereocenters. The summed E-state index contributed by atoms with van der Waals surface area (Å²) in [5, 5.41) is 2.88. The van der Waals surface area contributed by atoms with Gasteiger partial charge in [0.15, 0.2) is 0 Å². The number of hydrogen-bond acceptors (Lipinski definition) is 4. The van der Waals surface area contributed by atoms with Gasteiger partial charge in [-0.3, -0.25) is 0 Å². The molecule has 0 aliphatic heterocycles. The number of nitrogens with one attached hydrogen (secondary N) is 2. The molecular weight excluding hydrogens is 252 g/mol. The Morgan fingerprint density at radius 1 is 1.28 bits per heavy atom. The van der Waals surface area contributed by atoms with Crippen molar-refractivity contribution in [2.24, 2.45) is 5.92 Å². The Balaban J connectivity index is 2.73. The molecule has 0 spiro atoms. The number of rotatable bonds is 7. The van der Waals surface area contributed by atoms with Crippen molar-refractivity contribution >= 4 is 10.0 Å². The highest BCUT2D eigenvalue weighted by molar-refractivity contribution is 7.89. The first-order valence-electron chi connectivity index (χ1n) is 6.10. The summed E-state index contributed by atoms with van der Waals surface area (Å²) < 4.78 is 31.9. The van der Waals surface area contributed by atoms with Gasteiger partial charge in [-0.15, -0.1) is 0 Å². The van der Waals surface area contributed by atoms with E-state index in [2.05, 4.69) is 23.9 Å². The van der Waals surface area contributed by atoms with E-state index in [9.17, 15) is 8.42 Å². The van der Waals surface area contributed by atoms with E-state index in [1.165, 1.54) is 6.07 Å². The summed E-state index contributed by atoms with van der Waals surface area (Å²) in [4.78, 5) is 0. The van der Waals surface area contributed by atoms with Crippen molar-refractivity contribution in [3.8, 4) is 0 Å². The van der Waals surface area contributed by atoms with E-state index in [-0.39, 0.29) is 11.1 Å². The minimum Gasteiger partial charge on any atom is -0.447 e. The van der Waals surface area contributed by atoms with Gasteiger partial charge >= 0.3 is 0 Å². The van der Waals surface area contributed by atoms with E-state index < -0.39 is 10.0 Å². The zero-order chi connectivity index (χ0) is 13.8. The van der Waals surface area contributed by atoms with Crippen LogP contribution in [0.2, 0.25) is 0 Å². The molecule has 0 bridgehead atoms. The molecule has 0 aliphatic rings. The third-order valence-electron chi connectivity index (χ3n) is 2.43. The second-order valence-corrected chi connectivity index (χ2v) is 6.55. The third-order valence-corrected chi connectivity index (χ3v) is 3.90. The predicted octanol–water partition coefficient (Wildman–Crippen LogP) is 1.71. The maximum Gasteiger partial charge on any atom is 0.274 e. The molecule has 0 amide bonds. The van der Waals surface area contributed by atoms with Crippen molar-refractivity contribution in [1.82, 2.24) is 10.0 Å². The lowest BCUT2D eigenvalue weighted by molar-refractivity contribution is 0.399. The van der Waals surface area contributed by atoms with Crippen LogP contribution in [-0.2, 0) is 16.6 Å². The first-order valence-corrected chi connectivity index (χ1v) is 7.59. The Morgan fingerprint density at radius 2 is 1.94 bits per heavy atom. The molecule has 1 aromatic rings. The Bertz CT molecular complexity index is 465. The van der Waals surface area contributed by atoms with Gasteiger partial charge in [0.1, 0.15) is 5.76 Å². The smallest absolute Gasteiger partial charge is 0.274 e. The Labute approximate surface area is 109 Å². The van der Waals surface area contributed by atoms with E-state index in [0.717, 1.165) is 6.42 Å². The normalized spacial score (nSPS) is 14.1. The molecule has 1 rings (SSSR count). The lowest BCUT2D eigenvalue weighted by Crippen LogP contribution is -2.33. The SMILES string of the molecule is CNCc1ccc(S(=O)(=O)NC(C)CC(C)C)o1. The molecule has 0 fully saturated rings. The molecule has 104 valence electrons. The van der Waals surface area contributed by atoms with Gasteiger partial charge in [0.05, 0.1) is 6.54 Å². The molecular formula is C12H22N2O3S. The molecule has 0 radical (unpaired) electrons. The van der Waals surface area contributed by atoms with Crippen LogP contribution in [0.3, 0.4) is 0 Å². The van der Waals surface area contributed by atoms with Crippen molar-refractivity contribution in [3.05, 3.63) is 17.9 Å². The van der Waals surface area contributed by atoms with E-state index in [0.29, 0.717) is 18.2 Å². The van der Waals surface area contributed by atoms with Crippen LogP contribution in [0.5, 0.6) is 0 Å². The topological polar surface area (TPSA) is 71.3 Å². The van der Waals surface area contributed by atoms with Crippen molar-refractivity contribution in [3.63, 3.8) is 0 Å². The van der Waals surface area contributed by atoms with Gasteiger partial charge in [-0.05, 0) is 38.4 Å². The standard InChI is InChI=1S/C12H22N2O3S/c1-9(2)7-10(3)14-18(15,16)12-6-5-11(17-12)8-13-4/h5-6,9-10,13-14H,7-8H2,1-4H3. The van der Waals surface area contributed by atoms with Gasteiger partial charge in [0.2, 0.25) is 5.09 Å². The first-order chi connectivity index (χ1) is 8.35. The summed E-state index contributed by atoms with van der Waals surface area (Å²) in [5.41, 5.74) is 0. The summed E-state index contributed by atoms with van der Waals surface area (Å²) in [6.45, 7) is 6.48. The number of sulfonamides is 1. The second kappa shape index (κ2) is 6.36. The molecule has 0 aromatic carbocycles. The van der Waals surface area contributed by atoms with Gasteiger partial charge in [0.25, 0.3) is 10.0 Å². The maximum atomic E-state index is 12.0. The summed E-state index contributed by atoms with van der Waals surface area (Å²) in [6.07, 6.45) is 0.795. The molecule has 1 atom stereocenters. The zero-order valence-corrected chi connectivity index (χ0v) is 12.2. The van der Waals surface area contributed by atoms with Crippen LogP contribution in [0.1, 0.15) is 33.0 Å². The quantitative estimate of drug-likeness (QED) is 0.794. The van der Waals surface area contributed by atoms with Crippen LogP contribution in [0.4, 0.5) is 0 Å². The van der Waals surface area contributed by atoms with E-state index in [1.807, 2.05) is 6.92 Å². The van der Waals surface area contributed by atoms with Crippen LogP contribution in [0.15, 0.2) is 21.6 Å². The minimum atomic E-state index is -3.55. The lowest BCUT2D eigenvalue weighted by atomic mass is 10.1. The van der Waals surface area contributed by atoms with Crippen LogP contribution >= 0.6 is 0 Å². The third kappa shape index (κ3) is 4.44. The van der Waals surface area contributed by atoms with Gasteiger partial charge in [-0.2, -0.15) is 0 Å². The highest BCUT2D eigenvalue weighted by Gasteiger charge is 2.21. The van der Waals surface area contributed by atoms with Crippen molar-refractivity contribution in [2.45, 2.75) is 44.9 Å². The molecule has 1 aromatic heterocycles. The minimum absolute atomic E-state index is 0.0247. The van der Waals surface area contributed by atoms with Crippen LogP contribution in [-0.4, -0.2) is 21.5 Å². The molecule has 0 aliphatic carbocycles. The molecule has 0 saturated heterocycles. The van der Waals surface area contributed by atoms with Crippen molar-refractivity contribution in [1.29, 1.82) is 0 Å². The number of furan rings is 1. The fraction of sp³-hybridized carbons (Fsp3) is 0.667. The fourth-order valence-corrected chi connectivity index (χ4v) is 3.06. The van der Waals surface area contributed by atoms with Crippen LogP contribution in [0, 0.1) is 5.92 Å². The molecule has 0 saturated carbocycles. The molecule has 1 heterocycles. The van der Waals surface area contributed by atoms with Gasteiger partial charge in [0, 0.05) is 6.04 Å². The summed E-state index contributed by atoms with van der Waals surface area (Å²) in [7, 11) is -1.77. The number of hydrogen-bond donors (Lipinski definition) is 2. The Morgan fingerprint density at radius 3 is 2.50 bits per heavy atom. The highest BCUT2D eigenvalue weighted by Crippen LogP contribution is 2.15. The van der Waals surface area contributed by atoms with Gasteiger partial charge in [-0.1, -0.05) is 13.8 Å². The fourth-order valence-electron chi connectivity index (χ4n) is 1.85. The summed E-state index contributed by atoms with van der Waals surface area (Å²) in [5.74, 6) is 1.05. The Kier molecular flexibility index (Phi) is 5.37. The first kappa shape index (κ1) is 15.2. The van der Waals surface area contributed by atoms with Crippen LogP contribution < -0.4 is 10.0 Å². The Hall–Kier alpha value is -0.850. The van der Waals surface area contributed by atoms with Crippen LogP contribution in [0.25, 0.3) is 0 Å². The zero-order valence-electron chi connectivity index (χ0n) is 11.4. The predicted molar refractivity (Wildman–Crippen MR) is 70.7 cm³/mol. The molecule has 5 nitrogen and oxygen atoms in total. The van der Waals surface area contributed by atoms with Gasteiger partial charge in [-0.25, -0.2) is 13.1 Å². The average Bonchev–Trinajstić information content (AvgIpc) is 2.65. The maximum absolute atomic E-state index is 12.0. The molecule has 2 N–H and O–H groups in total. The monoisotopic (exact) mass is 274 g/mol. The van der Waals surface area contributed by atoms with E-state index >= 15 is 0 Å².